The maximum atomic E-state index is 12.4. The number of allylic oxidation sites excluding steroid dienone is 2. The van der Waals surface area contributed by atoms with Crippen molar-refractivity contribution in [2.45, 2.75) is 145 Å². The Morgan fingerprint density at radius 3 is 1.98 bits per heavy atom. The van der Waals surface area contributed by atoms with Crippen molar-refractivity contribution in [3.8, 4) is 0 Å². The fourth-order valence-electron chi connectivity index (χ4n) is 5.28. The van der Waals surface area contributed by atoms with Gasteiger partial charge in [-0.2, -0.15) is 0 Å². The third-order valence-corrected chi connectivity index (χ3v) is 7.72. The molecule has 0 aromatic rings. The van der Waals surface area contributed by atoms with Crippen LogP contribution >= 0.6 is 0 Å². The zero-order valence-corrected chi connectivity index (χ0v) is 23.3. The van der Waals surface area contributed by atoms with Crippen LogP contribution in [0.25, 0.3) is 0 Å². The lowest BCUT2D eigenvalue weighted by atomic mass is 9.97. The largest absolute Gasteiger partial charge is 0.457 e. The van der Waals surface area contributed by atoms with Gasteiger partial charge in [-0.05, 0) is 45.4 Å². The van der Waals surface area contributed by atoms with Crippen molar-refractivity contribution in [2.24, 2.45) is 0 Å². The van der Waals surface area contributed by atoms with Crippen molar-refractivity contribution in [2.75, 3.05) is 13.2 Å². The minimum absolute atomic E-state index is 0.129. The number of carbonyl (C=O) groups is 1. The quantitative estimate of drug-likeness (QED) is 0.197. The van der Waals surface area contributed by atoms with Gasteiger partial charge in [-0.3, -0.25) is 4.79 Å². The van der Waals surface area contributed by atoms with Gasteiger partial charge >= 0.3 is 5.97 Å². The first-order valence-electron chi connectivity index (χ1n) is 14.7. The number of ether oxygens (including phenoxy) is 5. The lowest BCUT2D eigenvalue weighted by Gasteiger charge is -2.46. The summed E-state index contributed by atoms with van der Waals surface area (Å²) in [4.78, 5) is 12.4. The van der Waals surface area contributed by atoms with E-state index in [9.17, 15) is 35.4 Å². The molecular weight excluding hydrogens is 528 g/mol. The summed E-state index contributed by atoms with van der Waals surface area (Å²) in [6.07, 6.45) is -1.11. The van der Waals surface area contributed by atoms with Gasteiger partial charge in [-0.15, -0.1) is 0 Å². The van der Waals surface area contributed by atoms with E-state index in [2.05, 4.69) is 12.2 Å². The average molecular weight is 577 g/mol. The van der Waals surface area contributed by atoms with Gasteiger partial charge < -0.3 is 54.3 Å². The van der Waals surface area contributed by atoms with E-state index in [0.29, 0.717) is 12.8 Å². The lowest BCUT2D eigenvalue weighted by Crippen LogP contribution is -2.65. The van der Waals surface area contributed by atoms with Crippen LogP contribution in [0.15, 0.2) is 12.2 Å². The highest BCUT2D eigenvalue weighted by Crippen LogP contribution is 2.31. The molecule has 0 aromatic heterocycles. The van der Waals surface area contributed by atoms with Crippen molar-refractivity contribution < 1.29 is 59.1 Å². The molecule has 2 fully saturated rings. The molecule has 4 rings (SSSR count). The molecule has 40 heavy (non-hydrogen) atoms. The van der Waals surface area contributed by atoms with Crippen molar-refractivity contribution in [1.82, 2.24) is 0 Å². The van der Waals surface area contributed by atoms with Gasteiger partial charge in [-0.1, -0.05) is 37.8 Å². The van der Waals surface area contributed by atoms with Crippen molar-refractivity contribution in [1.29, 1.82) is 0 Å². The fraction of sp³-hybridized carbons (Fsp3) is 0.893. The Labute approximate surface area is 235 Å². The number of esters is 1. The van der Waals surface area contributed by atoms with Crippen LogP contribution in [0.1, 0.15) is 77.6 Å². The van der Waals surface area contributed by atoms with E-state index in [-0.39, 0.29) is 12.5 Å². The first-order chi connectivity index (χ1) is 19.3. The molecule has 232 valence electrons. The van der Waals surface area contributed by atoms with Crippen LogP contribution in [-0.2, 0) is 28.5 Å². The number of rotatable bonds is 2. The van der Waals surface area contributed by atoms with Gasteiger partial charge in [0.05, 0.1) is 19.3 Å². The molecular formula is C28H48O12. The molecule has 4 heterocycles. The Kier molecular flexibility index (Phi) is 14.2. The average Bonchev–Trinajstić information content (AvgIpc) is 2.94. The van der Waals surface area contributed by atoms with Gasteiger partial charge in [0.2, 0.25) is 0 Å². The van der Waals surface area contributed by atoms with Gasteiger partial charge in [0, 0.05) is 6.42 Å². The van der Waals surface area contributed by atoms with Crippen LogP contribution in [0.5, 0.6) is 0 Å². The smallest absolute Gasteiger partial charge is 0.306 e. The first-order valence-corrected chi connectivity index (χ1v) is 14.7. The van der Waals surface area contributed by atoms with Crippen LogP contribution in [0.2, 0.25) is 0 Å². The first kappa shape index (κ1) is 33.3. The molecule has 0 amide bonds. The minimum atomic E-state index is -1.72. The van der Waals surface area contributed by atoms with Gasteiger partial charge in [0.15, 0.2) is 18.7 Å². The number of carbonyl (C=O) groups excluding carboxylic acids is 1. The monoisotopic (exact) mass is 576 g/mol. The molecule has 4 aliphatic heterocycles. The van der Waals surface area contributed by atoms with E-state index in [1.165, 1.54) is 0 Å². The van der Waals surface area contributed by atoms with E-state index in [4.69, 9.17) is 23.7 Å². The lowest BCUT2D eigenvalue weighted by molar-refractivity contribution is -0.371. The van der Waals surface area contributed by atoms with Crippen molar-refractivity contribution in [3.05, 3.63) is 12.2 Å². The molecule has 12 nitrogen and oxygen atoms in total. The minimum Gasteiger partial charge on any atom is -0.457 e. The van der Waals surface area contributed by atoms with Crippen LogP contribution in [-0.4, -0.2) is 117 Å². The van der Waals surface area contributed by atoms with Gasteiger partial charge in [-0.25, -0.2) is 0 Å². The zero-order chi connectivity index (χ0) is 29.1. The second-order valence-electron chi connectivity index (χ2n) is 11.0. The molecule has 12 heteroatoms. The molecule has 6 N–H and O–H groups in total. The molecule has 11 unspecified atom stereocenters. The van der Waals surface area contributed by atoms with E-state index in [1.807, 2.05) is 6.92 Å². The molecule has 4 aliphatic rings. The molecule has 0 radical (unpaired) electrons. The maximum absolute atomic E-state index is 12.4. The number of fused-ring (bicyclic) bond motifs is 17. The second kappa shape index (κ2) is 17.1. The maximum Gasteiger partial charge on any atom is 0.306 e. The Balaban J connectivity index is 1.76. The predicted octanol–water partition coefficient (Wildman–Crippen LogP) is 0.427. The summed E-state index contributed by atoms with van der Waals surface area (Å²) in [6.45, 7) is 0.612. The summed E-state index contributed by atoms with van der Waals surface area (Å²) >= 11 is 0. The second-order valence-corrected chi connectivity index (χ2v) is 11.0. The zero-order valence-electron chi connectivity index (χ0n) is 23.3. The Hall–Kier alpha value is -1.19. The summed E-state index contributed by atoms with van der Waals surface area (Å²) in [5.74, 6) is -0.577. The Morgan fingerprint density at radius 1 is 0.675 bits per heavy atom. The van der Waals surface area contributed by atoms with Crippen molar-refractivity contribution in [3.63, 3.8) is 0 Å². The number of aliphatic hydroxyl groups excluding tert-OH is 6. The summed E-state index contributed by atoms with van der Waals surface area (Å²) in [5, 5.41) is 62.4. The molecule has 0 aromatic carbocycles. The molecule has 2 saturated heterocycles. The number of aliphatic hydroxyl groups is 6. The van der Waals surface area contributed by atoms with Crippen LogP contribution in [0, 0.1) is 0 Å². The van der Waals surface area contributed by atoms with E-state index < -0.39 is 80.6 Å². The van der Waals surface area contributed by atoms with E-state index in [1.54, 1.807) is 0 Å². The highest BCUT2D eigenvalue weighted by Gasteiger charge is 2.52. The van der Waals surface area contributed by atoms with E-state index in [0.717, 1.165) is 51.4 Å². The highest BCUT2D eigenvalue weighted by molar-refractivity contribution is 5.69. The molecule has 2 bridgehead atoms. The Morgan fingerprint density at radius 2 is 1.27 bits per heavy atom. The molecule has 0 spiro atoms. The van der Waals surface area contributed by atoms with E-state index >= 15 is 0 Å². The fourth-order valence-corrected chi connectivity index (χ4v) is 5.28. The van der Waals surface area contributed by atoms with Crippen LogP contribution in [0.4, 0.5) is 0 Å². The highest BCUT2D eigenvalue weighted by atomic mass is 16.8. The SMILES string of the molecule is CC1CCCCC=CCCCCCCCC(=O)OC2C(CO)OC(OC3C(O1)OC(CO)C(O)C3O)C(O)C2O. The molecule has 0 saturated carbocycles. The molecule has 0 aliphatic carbocycles. The standard InChI is InChI=1S/C28H48O12/c1-17-13-11-9-7-5-3-2-4-6-8-10-12-14-20(31)39-25-19(16-30)38-27(24(35)23(25)34)40-26-22(33)21(32)18(15-29)37-28(26)36-17/h3,5,17-19,21-30,32-35H,2,4,6-16H2,1H3. The third kappa shape index (κ3) is 9.41. The summed E-state index contributed by atoms with van der Waals surface area (Å²) in [5.41, 5.74) is 0. The number of hydrogen-bond acceptors (Lipinski definition) is 12. The Bertz CT molecular complexity index is 764. The summed E-state index contributed by atoms with van der Waals surface area (Å²) in [6, 6.07) is 0. The van der Waals surface area contributed by atoms with Crippen LogP contribution < -0.4 is 0 Å². The van der Waals surface area contributed by atoms with Gasteiger partial charge in [0.25, 0.3) is 0 Å². The normalized spacial score (nSPS) is 42.0. The topological polar surface area (TPSA) is 185 Å². The van der Waals surface area contributed by atoms with Gasteiger partial charge in [0.1, 0.15) is 42.7 Å². The van der Waals surface area contributed by atoms with Crippen molar-refractivity contribution >= 4 is 5.97 Å². The predicted molar refractivity (Wildman–Crippen MR) is 141 cm³/mol. The molecule has 11 atom stereocenters. The third-order valence-electron chi connectivity index (χ3n) is 7.72. The summed E-state index contributed by atoms with van der Waals surface area (Å²) in [7, 11) is 0. The number of hydrogen-bond donors (Lipinski definition) is 6. The van der Waals surface area contributed by atoms with Crippen LogP contribution in [0.3, 0.4) is 0 Å². The summed E-state index contributed by atoms with van der Waals surface area (Å²) < 4.78 is 28.6.